The Balaban J connectivity index is 1.62. The highest BCUT2D eigenvalue weighted by Gasteiger charge is 2.44. The van der Waals surface area contributed by atoms with Crippen LogP contribution in [0.15, 0.2) is 51.7 Å². The number of ketones is 1. The van der Waals surface area contributed by atoms with E-state index in [-0.39, 0.29) is 11.3 Å². The Kier molecular flexibility index (Phi) is 5.11. The SMILES string of the molecule is O=C(C1=C(O)C(=O)N(CCN2CCOCC2)[C@@H]1c1cccs1)c1ccco1. The van der Waals surface area contributed by atoms with Crippen molar-refractivity contribution in [1.29, 1.82) is 0 Å². The van der Waals surface area contributed by atoms with E-state index in [1.807, 2.05) is 17.5 Å². The molecule has 2 aliphatic heterocycles. The number of furan rings is 1. The maximum absolute atomic E-state index is 12.9. The third kappa shape index (κ3) is 3.43. The van der Waals surface area contributed by atoms with E-state index in [9.17, 15) is 14.7 Å². The smallest absolute Gasteiger partial charge is 0.290 e. The predicted octanol–water partition coefficient (Wildman–Crippen LogP) is 2.25. The summed E-state index contributed by atoms with van der Waals surface area (Å²) in [7, 11) is 0. The molecule has 0 aromatic carbocycles. The minimum absolute atomic E-state index is 0.0828. The molecular formula is C19H20N2O5S. The first-order valence-corrected chi connectivity index (χ1v) is 9.70. The summed E-state index contributed by atoms with van der Waals surface area (Å²) in [6, 6.07) is 6.29. The molecule has 0 spiro atoms. The fourth-order valence-corrected chi connectivity index (χ4v) is 4.32. The lowest BCUT2D eigenvalue weighted by molar-refractivity contribution is -0.129. The van der Waals surface area contributed by atoms with Crippen molar-refractivity contribution in [2.75, 3.05) is 39.4 Å². The minimum Gasteiger partial charge on any atom is -0.503 e. The summed E-state index contributed by atoms with van der Waals surface area (Å²) in [5, 5.41) is 12.4. The summed E-state index contributed by atoms with van der Waals surface area (Å²) in [6.07, 6.45) is 1.40. The van der Waals surface area contributed by atoms with Gasteiger partial charge in [-0.05, 0) is 23.6 Å². The number of nitrogens with zero attached hydrogens (tertiary/aromatic N) is 2. The number of aliphatic hydroxyl groups excluding tert-OH is 1. The molecule has 1 N–H and O–H groups in total. The molecule has 1 amide bonds. The van der Waals surface area contributed by atoms with Crippen LogP contribution in [0.3, 0.4) is 0 Å². The number of ether oxygens (including phenoxy) is 1. The van der Waals surface area contributed by atoms with Crippen LogP contribution in [0.5, 0.6) is 0 Å². The number of rotatable bonds is 6. The summed E-state index contributed by atoms with van der Waals surface area (Å²) >= 11 is 1.45. The van der Waals surface area contributed by atoms with Crippen LogP contribution in [0.1, 0.15) is 21.5 Å². The van der Waals surface area contributed by atoms with Crippen LogP contribution in [0.25, 0.3) is 0 Å². The molecule has 0 saturated carbocycles. The highest BCUT2D eigenvalue weighted by Crippen LogP contribution is 2.40. The quantitative estimate of drug-likeness (QED) is 0.765. The monoisotopic (exact) mass is 388 g/mol. The third-order valence-electron chi connectivity index (χ3n) is 4.87. The Morgan fingerprint density at radius 2 is 2.04 bits per heavy atom. The fourth-order valence-electron chi connectivity index (χ4n) is 3.47. The number of amides is 1. The number of carbonyl (C=O) groups is 2. The molecule has 0 aliphatic carbocycles. The van der Waals surface area contributed by atoms with Gasteiger partial charge in [0.1, 0.15) is 0 Å². The molecule has 142 valence electrons. The first kappa shape index (κ1) is 18.0. The first-order chi connectivity index (χ1) is 13.2. The van der Waals surface area contributed by atoms with Crippen LogP contribution in [0, 0.1) is 0 Å². The summed E-state index contributed by atoms with van der Waals surface area (Å²) in [6.45, 7) is 4.04. The van der Waals surface area contributed by atoms with Gasteiger partial charge < -0.3 is 19.2 Å². The van der Waals surface area contributed by atoms with Gasteiger partial charge in [0.05, 0.1) is 31.1 Å². The zero-order chi connectivity index (χ0) is 18.8. The molecule has 8 heteroatoms. The van der Waals surface area contributed by atoms with Crippen molar-refractivity contribution >= 4 is 23.0 Å². The maximum atomic E-state index is 12.9. The fraction of sp³-hybridized carbons (Fsp3) is 0.368. The molecule has 2 aliphatic rings. The van der Waals surface area contributed by atoms with Crippen molar-refractivity contribution in [2.24, 2.45) is 0 Å². The topological polar surface area (TPSA) is 83.2 Å². The normalized spacial score (nSPS) is 21.3. The molecule has 27 heavy (non-hydrogen) atoms. The van der Waals surface area contributed by atoms with Gasteiger partial charge in [0.25, 0.3) is 5.91 Å². The lowest BCUT2D eigenvalue weighted by Crippen LogP contribution is -2.43. The van der Waals surface area contributed by atoms with E-state index in [0.717, 1.165) is 18.0 Å². The largest absolute Gasteiger partial charge is 0.503 e. The van der Waals surface area contributed by atoms with Crippen LogP contribution in [0.2, 0.25) is 0 Å². The first-order valence-electron chi connectivity index (χ1n) is 8.82. The highest BCUT2D eigenvalue weighted by molar-refractivity contribution is 7.10. The van der Waals surface area contributed by atoms with Gasteiger partial charge in [-0.15, -0.1) is 11.3 Å². The van der Waals surface area contributed by atoms with Crippen LogP contribution in [-0.4, -0.2) is 66.0 Å². The maximum Gasteiger partial charge on any atom is 0.290 e. The summed E-state index contributed by atoms with van der Waals surface area (Å²) in [4.78, 5) is 30.3. The molecule has 4 rings (SSSR count). The van der Waals surface area contributed by atoms with Crippen molar-refractivity contribution < 1.29 is 23.8 Å². The second kappa shape index (κ2) is 7.67. The minimum atomic E-state index is -0.601. The van der Waals surface area contributed by atoms with Gasteiger partial charge in [0.15, 0.2) is 11.5 Å². The second-order valence-corrected chi connectivity index (χ2v) is 7.42. The molecule has 1 atom stereocenters. The number of aliphatic hydroxyl groups is 1. The standard InChI is InChI=1S/C19H20N2O5S/c22-17(13-3-1-9-26-13)15-16(14-4-2-12-27-14)21(19(24)18(15)23)6-5-20-7-10-25-11-8-20/h1-4,9,12,16,23H,5-8,10-11H2/t16-/m1/s1. The molecule has 4 heterocycles. The number of thiophene rings is 1. The predicted molar refractivity (Wildman–Crippen MR) is 98.7 cm³/mol. The number of hydrogen-bond acceptors (Lipinski definition) is 7. The molecule has 0 unspecified atom stereocenters. The van der Waals surface area contributed by atoms with Crippen molar-refractivity contribution in [1.82, 2.24) is 9.80 Å². The molecule has 2 aromatic rings. The second-order valence-electron chi connectivity index (χ2n) is 6.44. The summed E-state index contributed by atoms with van der Waals surface area (Å²) in [5.41, 5.74) is 0.0828. The van der Waals surface area contributed by atoms with E-state index in [4.69, 9.17) is 9.15 Å². The van der Waals surface area contributed by atoms with E-state index >= 15 is 0 Å². The molecule has 0 bridgehead atoms. The highest BCUT2D eigenvalue weighted by atomic mass is 32.1. The van der Waals surface area contributed by atoms with Crippen molar-refractivity contribution in [3.05, 3.63) is 57.9 Å². The lowest BCUT2D eigenvalue weighted by atomic mass is 10.0. The van der Waals surface area contributed by atoms with Crippen molar-refractivity contribution in [3.8, 4) is 0 Å². The Morgan fingerprint density at radius 1 is 1.22 bits per heavy atom. The summed E-state index contributed by atoms with van der Waals surface area (Å²) in [5.74, 6) is -1.35. The van der Waals surface area contributed by atoms with E-state index in [1.165, 1.54) is 23.7 Å². The molecule has 1 fully saturated rings. The van der Waals surface area contributed by atoms with Crippen LogP contribution < -0.4 is 0 Å². The van der Waals surface area contributed by atoms with Gasteiger partial charge in [-0.1, -0.05) is 6.07 Å². The number of hydrogen-bond donors (Lipinski definition) is 1. The molecular weight excluding hydrogens is 368 g/mol. The Hall–Kier alpha value is -2.42. The average Bonchev–Trinajstić information content (AvgIpc) is 3.43. The van der Waals surface area contributed by atoms with Gasteiger partial charge in [-0.25, -0.2) is 0 Å². The zero-order valence-electron chi connectivity index (χ0n) is 14.7. The van der Waals surface area contributed by atoms with Crippen LogP contribution >= 0.6 is 11.3 Å². The molecule has 1 saturated heterocycles. The number of morpholine rings is 1. The van der Waals surface area contributed by atoms with Gasteiger partial charge in [-0.3, -0.25) is 14.5 Å². The van der Waals surface area contributed by atoms with Gasteiger partial charge in [0.2, 0.25) is 5.78 Å². The van der Waals surface area contributed by atoms with Crippen LogP contribution in [-0.2, 0) is 9.53 Å². The van der Waals surface area contributed by atoms with Crippen molar-refractivity contribution in [2.45, 2.75) is 6.04 Å². The van der Waals surface area contributed by atoms with Gasteiger partial charge in [0, 0.05) is 31.1 Å². The van der Waals surface area contributed by atoms with Crippen molar-refractivity contribution in [3.63, 3.8) is 0 Å². The third-order valence-corrected chi connectivity index (χ3v) is 5.79. The van der Waals surface area contributed by atoms with E-state index in [0.29, 0.717) is 26.3 Å². The average molecular weight is 388 g/mol. The van der Waals surface area contributed by atoms with E-state index in [2.05, 4.69) is 4.90 Å². The Labute approximate surface area is 160 Å². The molecule has 7 nitrogen and oxygen atoms in total. The Bertz CT molecular complexity index is 838. The number of carbonyl (C=O) groups excluding carboxylic acids is 2. The Morgan fingerprint density at radius 3 is 2.70 bits per heavy atom. The lowest BCUT2D eigenvalue weighted by Gasteiger charge is -2.31. The zero-order valence-corrected chi connectivity index (χ0v) is 15.5. The van der Waals surface area contributed by atoms with E-state index < -0.39 is 23.5 Å². The van der Waals surface area contributed by atoms with Gasteiger partial charge >= 0.3 is 0 Å². The molecule has 0 radical (unpaired) electrons. The summed E-state index contributed by atoms with van der Waals surface area (Å²) < 4.78 is 10.6. The molecule has 2 aromatic heterocycles. The number of Topliss-reactive ketones (excluding diaryl/α,β-unsaturated/α-hetero) is 1. The van der Waals surface area contributed by atoms with Crippen LogP contribution in [0.4, 0.5) is 0 Å². The van der Waals surface area contributed by atoms with Gasteiger partial charge in [-0.2, -0.15) is 0 Å². The van der Waals surface area contributed by atoms with E-state index in [1.54, 1.807) is 11.0 Å².